The molecule has 22 heavy (non-hydrogen) atoms. The number of benzene rings is 1. The molecule has 0 unspecified atom stereocenters. The highest BCUT2D eigenvalue weighted by Gasteiger charge is 2.14. The Labute approximate surface area is 132 Å². The van der Waals surface area contributed by atoms with Gasteiger partial charge in [-0.05, 0) is 38.1 Å². The van der Waals surface area contributed by atoms with E-state index in [2.05, 4.69) is 20.0 Å². The van der Waals surface area contributed by atoms with Gasteiger partial charge >= 0.3 is 5.97 Å². The van der Waals surface area contributed by atoms with E-state index in [1.165, 1.54) is 25.3 Å². The third-order valence-corrected chi connectivity index (χ3v) is 3.16. The molecular weight excluding hydrogens is 306 g/mol. The van der Waals surface area contributed by atoms with E-state index in [1.54, 1.807) is 19.9 Å². The SMILES string of the molecule is COC(=O)c1ccc(Cl)c(NC(=O)c2cc(C)nc(C)n2)c1. The highest BCUT2D eigenvalue weighted by Crippen LogP contribution is 2.24. The Morgan fingerprint density at radius 2 is 1.91 bits per heavy atom. The highest BCUT2D eigenvalue weighted by molar-refractivity contribution is 6.34. The van der Waals surface area contributed by atoms with E-state index in [0.29, 0.717) is 22.2 Å². The molecule has 0 fully saturated rings. The van der Waals surface area contributed by atoms with Crippen LogP contribution >= 0.6 is 11.6 Å². The summed E-state index contributed by atoms with van der Waals surface area (Å²) in [5.41, 5.74) is 1.51. The average molecular weight is 320 g/mol. The molecule has 1 N–H and O–H groups in total. The molecule has 0 aliphatic heterocycles. The van der Waals surface area contributed by atoms with Gasteiger partial charge in [-0.3, -0.25) is 4.79 Å². The number of aryl methyl sites for hydroxylation is 2. The minimum Gasteiger partial charge on any atom is -0.465 e. The molecule has 0 atom stereocenters. The number of nitrogens with one attached hydrogen (secondary N) is 1. The van der Waals surface area contributed by atoms with Crippen molar-refractivity contribution in [2.45, 2.75) is 13.8 Å². The predicted molar refractivity (Wildman–Crippen MR) is 82.3 cm³/mol. The number of hydrogen-bond donors (Lipinski definition) is 1. The zero-order chi connectivity index (χ0) is 16.3. The number of methoxy groups -OCH3 is 1. The van der Waals surface area contributed by atoms with Crippen LogP contribution in [0, 0.1) is 13.8 Å². The van der Waals surface area contributed by atoms with Gasteiger partial charge in [0, 0.05) is 5.69 Å². The van der Waals surface area contributed by atoms with Gasteiger partial charge in [-0.15, -0.1) is 0 Å². The minimum absolute atomic E-state index is 0.226. The topological polar surface area (TPSA) is 81.2 Å². The third kappa shape index (κ3) is 3.59. The number of esters is 1. The molecular formula is C15H14ClN3O3. The van der Waals surface area contributed by atoms with Gasteiger partial charge in [0.1, 0.15) is 11.5 Å². The van der Waals surface area contributed by atoms with Gasteiger partial charge in [-0.25, -0.2) is 14.8 Å². The fraction of sp³-hybridized carbons (Fsp3) is 0.200. The first-order valence-corrected chi connectivity index (χ1v) is 6.80. The van der Waals surface area contributed by atoms with Crippen LogP contribution in [-0.2, 0) is 4.74 Å². The molecule has 1 aromatic heterocycles. The monoisotopic (exact) mass is 319 g/mol. The van der Waals surface area contributed by atoms with Gasteiger partial charge in [0.05, 0.1) is 23.4 Å². The molecule has 0 bridgehead atoms. The van der Waals surface area contributed by atoms with E-state index in [0.717, 1.165) is 0 Å². The summed E-state index contributed by atoms with van der Waals surface area (Å²) in [4.78, 5) is 32.0. The number of rotatable bonds is 3. The van der Waals surface area contributed by atoms with E-state index in [1.807, 2.05) is 0 Å². The number of aromatic nitrogens is 2. The largest absolute Gasteiger partial charge is 0.465 e. The first-order chi connectivity index (χ1) is 10.4. The molecule has 1 amide bonds. The Morgan fingerprint density at radius 1 is 1.18 bits per heavy atom. The average Bonchev–Trinajstić information content (AvgIpc) is 2.47. The number of anilines is 1. The molecule has 0 aliphatic rings. The van der Waals surface area contributed by atoms with Crippen molar-refractivity contribution < 1.29 is 14.3 Å². The number of hydrogen-bond acceptors (Lipinski definition) is 5. The van der Waals surface area contributed by atoms with Gasteiger partial charge in [0.2, 0.25) is 0 Å². The van der Waals surface area contributed by atoms with Crippen molar-refractivity contribution in [2.75, 3.05) is 12.4 Å². The van der Waals surface area contributed by atoms with E-state index in [-0.39, 0.29) is 11.3 Å². The summed E-state index contributed by atoms with van der Waals surface area (Å²) in [5.74, 6) is -0.446. The Balaban J connectivity index is 2.29. The molecule has 0 saturated carbocycles. The number of halogens is 1. The summed E-state index contributed by atoms with van der Waals surface area (Å²) in [7, 11) is 1.28. The maximum absolute atomic E-state index is 12.2. The van der Waals surface area contributed by atoms with Crippen molar-refractivity contribution >= 4 is 29.2 Å². The molecule has 7 heteroatoms. The van der Waals surface area contributed by atoms with E-state index >= 15 is 0 Å². The molecule has 2 rings (SSSR count). The molecule has 0 spiro atoms. The summed E-state index contributed by atoms with van der Waals surface area (Å²) >= 11 is 6.04. The summed E-state index contributed by atoms with van der Waals surface area (Å²) < 4.78 is 4.64. The van der Waals surface area contributed by atoms with Crippen molar-refractivity contribution in [3.05, 3.63) is 52.1 Å². The lowest BCUT2D eigenvalue weighted by atomic mass is 10.2. The van der Waals surface area contributed by atoms with Crippen LogP contribution in [0.2, 0.25) is 5.02 Å². The molecule has 0 saturated heterocycles. The summed E-state index contributed by atoms with van der Waals surface area (Å²) in [5, 5.41) is 2.94. The summed E-state index contributed by atoms with van der Waals surface area (Å²) in [6.45, 7) is 3.48. The third-order valence-electron chi connectivity index (χ3n) is 2.83. The standard InChI is InChI=1S/C15H14ClN3O3/c1-8-6-13(18-9(2)17-8)14(20)19-12-7-10(15(21)22-3)4-5-11(12)16/h4-7H,1-3H3,(H,19,20). The second-order valence-electron chi connectivity index (χ2n) is 4.58. The van der Waals surface area contributed by atoms with E-state index in [4.69, 9.17) is 11.6 Å². The van der Waals surface area contributed by atoms with Crippen molar-refractivity contribution in [3.8, 4) is 0 Å². The number of nitrogens with zero attached hydrogens (tertiary/aromatic N) is 2. The molecule has 1 aromatic carbocycles. The first-order valence-electron chi connectivity index (χ1n) is 6.42. The lowest BCUT2D eigenvalue weighted by Gasteiger charge is -2.09. The zero-order valence-corrected chi connectivity index (χ0v) is 13.1. The van der Waals surface area contributed by atoms with Crippen molar-refractivity contribution in [3.63, 3.8) is 0 Å². The molecule has 0 radical (unpaired) electrons. The van der Waals surface area contributed by atoms with Crippen molar-refractivity contribution in [2.24, 2.45) is 0 Å². The van der Waals surface area contributed by atoms with Crippen LogP contribution in [0.25, 0.3) is 0 Å². The molecule has 114 valence electrons. The van der Waals surface area contributed by atoms with Crippen molar-refractivity contribution in [1.29, 1.82) is 0 Å². The number of carbonyl (C=O) groups excluding carboxylic acids is 2. The molecule has 0 aliphatic carbocycles. The quantitative estimate of drug-likeness (QED) is 0.880. The Kier molecular flexibility index (Phi) is 4.72. The normalized spacial score (nSPS) is 10.2. The highest BCUT2D eigenvalue weighted by atomic mass is 35.5. The van der Waals surface area contributed by atoms with Crippen LogP contribution in [0.3, 0.4) is 0 Å². The lowest BCUT2D eigenvalue weighted by molar-refractivity contribution is 0.0600. The second-order valence-corrected chi connectivity index (χ2v) is 4.99. The van der Waals surface area contributed by atoms with Crippen LogP contribution in [0.1, 0.15) is 32.4 Å². The number of carbonyl (C=O) groups is 2. The van der Waals surface area contributed by atoms with Crippen LogP contribution in [0.4, 0.5) is 5.69 Å². The van der Waals surface area contributed by atoms with E-state index < -0.39 is 11.9 Å². The van der Waals surface area contributed by atoms with Gasteiger partial charge in [0.25, 0.3) is 5.91 Å². The predicted octanol–water partition coefficient (Wildman–Crippen LogP) is 2.79. The fourth-order valence-electron chi connectivity index (χ4n) is 1.89. The molecule has 1 heterocycles. The lowest BCUT2D eigenvalue weighted by Crippen LogP contribution is -2.16. The Bertz CT molecular complexity index is 727. The van der Waals surface area contributed by atoms with Crippen LogP contribution in [-0.4, -0.2) is 29.0 Å². The second kappa shape index (κ2) is 6.53. The van der Waals surface area contributed by atoms with Crippen LogP contribution in [0.15, 0.2) is 24.3 Å². The smallest absolute Gasteiger partial charge is 0.337 e. The number of amides is 1. The maximum Gasteiger partial charge on any atom is 0.337 e. The molecule has 6 nitrogen and oxygen atoms in total. The van der Waals surface area contributed by atoms with Gasteiger partial charge in [-0.2, -0.15) is 0 Å². The maximum atomic E-state index is 12.2. The van der Waals surface area contributed by atoms with E-state index in [9.17, 15) is 9.59 Å². The Morgan fingerprint density at radius 3 is 2.55 bits per heavy atom. The van der Waals surface area contributed by atoms with Gasteiger partial charge < -0.3 is 10.1 Å². The van der Waals surface area contributed by atoms with Crippen LogP contribution in [0.5, 0.6) is 0 Å². The van der Waals surface area contributed by atoms with Gasteiger partial charge in [-0.1, -0.05) is 11.6 Å². The first kappa shape index (κ1) is 15.9. The van der Waals surface area contributed by atoms with Crippen molar-refractivity contribution in [1.82, 2.24) is 9.97 Å². The minimum atomic E-state index is -0.513. The Hall–Kier alpha value is -2.47. The van der Waals surface area contributed by atoms with Gasteiger partial charge in [0.15, 0.2) is 0 Å². The summed E-state index contributed by atoms with van der Waals surface area (Å²) in [6.07, 6.45) is 0. The fourth-order valence-corrected chi connectivity index (χ4v) is 2.05. The molecule has 2 aromatic rings. The number of ether oxygens (including phenoxy) is 1. The van der Waals surface area contributed by atoms with Crippen LogP contribution < -0.4 is 5.32 Å². The zero-order valence-electron chi connectivity index (χ0n) is 12.3. The summed E-state index contributed by atoms with van der Waals surface area (Å²) in [6, 6.07) is 6.05.